The largest absolute Gasteiger partial charge is 0.481 e. The molecule has 0 spiro atoms. The molecule has 1 amide bonds. The van der Waals surface area contributed by atoms with E-state index in [1.807, 2.05) is 0 Å². The van der Waals surface area contributed by atoms with Gasteiger partial charge in [0, 0.05) is 38.6 Å². The quantitative estimate of drug-likeness (QED) is 0.0551. The van der Waals surface area contributed by atoms with Crippen molar-refractivity contribution in [2.45, 2.75) is 109 Å². The molecule has 0 aliphatic carbocycles. The Morgan fingerprint density at radius 3 is 1.26 bits per heavy atom. The van der Waals surface area contributed by atoms with E-state index in [2.05, 4.69) is 12.2 Å². The predicted octanol–water partition coefficient (Wildman–Crippen LogP) is 2.67. The van der Waals surface area contributed by atoms with Crippen LogP contribution in [0.3, 0.4) is 0 Å². The van der Waals surface area contributed by atoms with Crippen LogP contribution in [0.1, 0.15) is 103 Å². The summed E-state index contributed by atoms with van der Waals surface area (Å²) in [4.78, 5) is 72.9. The van der Waals surface area contributed by atoms with Gasteiger partial charge in [-0.25, -0.2) is 0 Å². The van der Waals surface area contributed by atoms with Crippen LogP contribution in [0.4, 0.5) is 0 Å². The van der Waals surface area contributed by atoms with Crippen LogP contribution in [0.25, 0.3) is 0 Å². The lowest BCUT2D eigenvalue weighted by molar-refractivity contribution is -0.143. The maximum Gasteiger partial charge on any atom is 0.317 e. The number of rotatable bonds is 33. The highest BCUT2D eigenvalue weighted by atomic mass is 16.4. The van der Waals surface area contributed by atoms with Crippen molar-refractivity contribution in [1.29, 1.82) is 0 Å². The smallest absolute Gasteiger partial charge is 0.317 e. The van der Waals surface area contributed by atoms with Gasteiger partial charge in [-0.2, -0.15) is 0 Å². The summed E-state index contributed by atoms with van der Waals surface area (Å²) in [6.07, 6.45) is 13.9. The SMILES string of the molecule is CCCCCCC(CCCCCCCCCCC(=O)O)NC(=O)CN(CCN(CCN(CC(=O)O)CC(=O)O)CC(=O)O)CC(=O)O. The highest BCUT2D eigenvalue weighted by Gasteiger charge is 2.21. The topological polar surface area (TPSA) is 225 Å². The summed E-state index contributed by atoms with van der Waals surface area (Å²) < 4.78 is 0. The Labute approximate surface area is 278 Å². The van der Waals surface area contributed by atoms with Crippen molar-refractivity contribution in [3.8, 4) is 0 Å². The van der Waals surface area contributed by atoms with E-state index < -0.39 is 56.0 Å². The number of carboxylic acids is 5. The third-order valence-corrected chi connectivity index (χ3v) is 7.73. The van der Waals surface area contributed by atoms with Crippen LogP contribution in [0.2, 0.25) is 0 Å². The molecule has 0 aliphatic rings. The molecule has 0 saturated carbocycles. The Hall–Kier alpha value is -3.30. The Morgan fingerprint density at radius 2 is 0.830 bits per heavy atom. The van der Waals surface area contributed by atoms with Crippen molar-refractivity contribution < 1.29 is 54.3 Å². The van der Waals surface area contributed by atoms with E-state index in [0.29, 0.717) is 6.42 Å². The van der Waals surface area contributed by atoms with Gasteiger partial charge in [-0.05, 0) is 19.3 Å². The van der Waals surface area contributed by atoms with Gasteiger partial charge in [0.1, 0.15) is 0 Å². The van der Waals surface area contributed by atoms with Gasteiger partial charge in [-0.15, -0.1) is 0 Å². The van der Waals surface area contributed by atoms with E-state index in [0.717, 1.165) is 88.4 Å². The second-order valence-electron chi connectivity index (χ2n) is 12.1. The van der Waals surface area contributed by atoms with Crippen LogP contribution in [-0.4, -0.2) is 141 Å². The molecule has 47 heavy (non-hydrogen) atoms. The van der Waals surface area contributed by atoms with Crippen LogP contribution in [-0.2, 0) is 28.8 Å². The van der Waals surface area contributed by atoms with Gasteiger partial charge >= 0.3 is 29.8 Å². The number of carbonyl (C=O) groups excluding carboxylic acids is 1. The Kier molecular flexibility index (Phi) is 25.8. The van der Waals surface area contributed by atoms with Crippen molar-refractivity contribution in [2.75, 3.05) is 58.9 Å². The Balaban J connectivity index is 5.04. The number of hydrogen-bond acceptors (Lipinski definition) is 9. The number of carboxylic acid groups (broad SMARTS) is 5. The molecule has 0 aliphatic heterocycles. The second kappa shape index (κ2) is 27.8. The molecular weight excluding hydrogens is 616 g/mol. The highest BCUT2D eigenvalue weighted by molar-refractivity contribution is 5.79. The zero-order chi connectivity index (χ0) is 35.5. The van der Waals surface area contributed by atoms with Crippen molar-refractivity contribution in [3.63, 3.8) is 0 Å². The van der Waals surface area contributed by atoms with Crippen LogP contribution < -0.4 is 5.32 Å². The number of aliphatic carboxylic acids is 5. The molecule has 0 radical (unpaired) electrons. The van der Waals surface area contributed by atoms with Gasteiger partial charge in [-0.3, -0.25) is 43.5 Å². The molecule has 272 valence electrons. The van der Waals surface area contributed by atoms with Crippen LogP contribution in [0, 0.1) is 0 Å². The molecule has 1 unspecified atom stereocenters. The van der Waals surface area contributed by atoms with Crippen molar-refractivity contribution in [3.05, 3.63) is 0 Å². The number of carbonyl (C=O) groups is 6. The normalized spacial score (nSPS) is 12.0. The number of amides is 1. The lowest BCUT2D eigenvalue weighted by atomic mass is 10.00. The average Bonchev–Trinajstić information content (AvgIpc) is 2.95. The van der Waals surface area contributed by atoms with E-state index in [-0.39, 0.29) is 51.1 Å². The lowest BCUT2D eigenvalue weighted by Gasteiger charge is -2.28. The fourth-order valence-electron chi connectivity index (χ4n) is 5.34. The molecule has 0 aromatic carbocycles. The van der Waals surface area contributed by atoms with E-state index >= 15 is 0 Å². The van der Waals surface area contributed by atoms with Gasteiger partial charge in [0.05, 0.1) is 32.7 Å². The fraction of sp³-hybridized carbons (Fsp3) is 0.812. The van der Waals surface area contributed by atoms with Crippen LogP contribution in [0.15, 0.2) is 0 Å². The van der Waals surface area contributed by atoms with Crippen molar-refractivity contribution in [2.24, 2.45) is 0 Å². The summed E-state index contributed by atoms with van der Waals surface area (Å²) >= 11 is 0. The number of hydrogen-bond donors (Lipinski definition) is 6. The molecule has 0 aromatic rings. The number of unbranched alkanes of at least 4 members (excludes halogenated alkanes) is 10. The zero-order valence-corrected chi connectivity index (χ0v) is 28.1. The van der Waals surface area contributed by atoms with E-state index in [1.165, 1.54) is 9.80 Å². The standard InChI is InChI=1S/C32H58N4O11/c1-2-3-4-11-14-26(15-12-9-7-5-6-8-10-13-16-28(38)39)33-27(37)21-35(23-30(42)43)19-17-34(22-29(40)41)18-20-36(24-31(44)45)25-32(46)47/h26H,2-25H2,1H3,(H,33,37)(H,38,39)(H,40,41)(H,42,43)(H,44,45)(H,46,47). The Bertz CT molecular complexity index is 919. The molecule has 0 saturated heterocycles. The summed E-state index contributed by atoms with van der Waals surface area (Å²) in [6, 6.07) is -0.0417. The second-order valence-corrected chi connectivity index (χ2v) is 12.1. The van der Waals surface area contributed by atoms with Crippen LogP contribution >= 0.6 is 0 Å². The zero-order valence-electron chi connectivity index (χ0n) is 28.1. The van der Waals surface area contributed by atoms with Crippen molar-refractivity contribution >= 4 is 35.8 Å². The molecular formula is C32H58N4O11. The minimum absolute atomic E-state index is 0.0300. The van der Waals surface area contributed by atoms with Gasteiger partial charge < -0.3 is 30.8 Å². The first-order chi connectivity index (χ1) is 22.3. The maximum absolute atomic E-state index is 13.1. The predicted molar refractivity (Wildman–Crippen MR) is 174 cm³/mol. The molecule has 0 aromatic heterocycles. The summed E-state index contributed by atoms with van der Waals surface area (Å²) in [5, 5.41) is 48.7. The third-order valence-electron chi connectivity index (χ3n) is 7.73. The minimum atomic E-state index is -1.22. The number of nitrogens with one attached hydrogen (secondary N) is 1. The third kappa shape index (κ3) is 28.6. The first kappa shape index (κ1) is 43.7. The van der Waals surface area contributed by atoms with E-state index in [4.69, 9.17) is 15.3 Å². The first-order valence-corrected chi connectivity index (χ1v) is 16.9. The van der Waals surface area contributed by atoms with Gasteiger partial charge in [0.2, 0.25) is 5.91 Å². The molecule has 0 bridgehead atoms. The molecule has 15 nitrogen and oxygen atoms in total. The highest BCUT2D eigenvalue weighted by Crippen LogP contribution is 2.15. The summed E-state index contributed by atoms with van der Waals surface area (Å²) in [5.74, 6) is -5.81. The fourth-order valence-corrected chi connectivity index (χ4v) is 5.34. The lowest BCUT2D eigenvalue weighted by Crippen LogP contribution is -2.47. The van der Waals surface area contributed by atoms with Gasteiger partial charge in [-0.1, -0.05) is 77.6 Å². The van der Waals surface area contributed by atoms with E-state index in [1.54, 1.807) is 0 Å². The average molecular weight is 675 g/mol. The maximum atomic E-state index is 13.1. The summed E-state index contributed by atoms with van der Waals surface area (Å²) in [7, 11) is 0. The van der Waals surface area contributed by atoms with Crippen molar-refractivity contribution in [1.82, 2.24) is 20.0 Å². The van der Waals surface area contributed by atoms with Crippen LogP contribution in [0.5, 0.6) is 0 Å². The van der Waals surface area contributed by atoms with E-state index in [9.17, 15) is 39.0 Å². The van der Waals surface area contributed by atoms with Gasteiger partial charge in [0.25, 0.3) is 0 Å². The molecule has 15 heteroatoms. The molecule has 1 atom stereocenters. The monoisotopic (exact) mass is 674 g/mol. The molecule has 0 rings (SSSR count). The molecule has 0 heterocycles. The number of nitrogens with zero attached hydrogens (tertiary/aromatic N) is 3. The van der Waals surface area contributed by atoms with Gasteiger partial charge in [0.15, 0.2) is 0 Å². The molecule has 0 fully saturated rings. The molecule has 6 N–H and O–H groups in total. The first-order valence-electron chi connectivity index (χ1n) is 16.9. The minimum Gasteiger partial charge on any atom is -0.481 e. The summed E-state index contributed by atoms with van der Waals surface area (Å²) in [6.45, 7) is 0.141. The Morgan fingerprint density at radius 1 is 0.468 bits per heavy atom. The summed E-state index contributed by atoms with van der Waals surface area (Å²) in [5.41, 5.74) is 0.